The Hall–Kier alpha value is -4.03. The molecule has 3 aromatic rings. The molecule has 0 amide bonds. The minimum absolute atomic E-state index is 0.0325. The van der Waals surface area contributed by atoms with Gasteiger partial charge >= 0.3 is 0 Å². The molecule has 5 N–H and O–H groups in total. The number of benzene rings is 2. The molecular weight excluding hydrogens is 426 g/mol. The van der Waals surface area contributed by atoms with Gasteiger partial charge in [0.05, 0.1) is 16.8 Å². The normalized spacial score (nSPS) is 16.8. The molecule has 1 fully saturated rings. The second kappa shape index (κ2) is 9.22. The van der Waals surface area contributed by atoms with E-state index >= 15 is 0 Å². The summed E-state index contributed by atoms with van der Waals surface area (Å²) in [4.78, 5) is 11.0. The molecule has 1 aliphatic rings. The Morgan fingerprint density at radius 3 is 2.58 bits per heavy atom. The summed E-state index contributed by atoms with van der Waals surface area (Å²) in [6.07, 6.45) is 3.43. The highest BCUT2D eigenvalue weighted by atomic mass is 19.1. The second-order valence-electron chi connectivity index (χ2n) is 7.85. The summed E-state index contributed by atoms with van der Waals surface area (Å²) >= 11 is 0. The fourth-order valence-electron chi connectivity index (χ4n) is 3.85. The van der Waals surface area contributed by atoms with E-state index in [0.717, 1.165) is 31.5 Å². The van der Waals surface area contributed by atoms with Crippen LogP contribution in [0.3, 0.4) is 0 Å². The summed E-state index contributed by atoms with van der Waals surface area (Å²) in [6.45, 7) is 1.42. The number of aromatic hydroxyl groups is 1. The fraction of sp³-hybridized carbons (Fsp3) is 0.208. The van der Waals surface area contributed by atoms with Crippen LogP contribution in [0.15, 0.2) is 48.7 Å². The van der Waals surface area contributed by atoms with Gasteiger partial charge in [0.1, 0.15) is 17.7 Å². The number of hydrogen-bond donors (Lipinski definition) is 3. The Morgan fingerprint density at radius 2 is 1.88 bits per heavy atom. The zero-order valence-corrected chi connectivity index (χ0v) is 17.7. The van der Waals surface area contributed by atoms with Crippen LogP contribution >= 0.6 is 0 Å². The molecule has 0 aliphatic carbocycles. The lowest BCUT2D eigenvalue weighted by Crippen LogP contribution is -2.43. The molecule has 1 aromatic heterocycles. The molecule has 7 nitrogen and oxygen atoms in total. The van der Waals surface area contributed by atoms with Gasteiger partial charge in [0, 0.05) is 30.9 Å². The Labute approximate surface area is 189 Å². The van der Waals surface area contributed by atoms with E-state index < -0.39 is 17.4 Å². The summed E-state index contributed by atoms with van der Waals surface area (Å²) in [5, 5.41) is 18.6. The van der Waals surface area contributed by atoms with Crippen molar-refractivity contribution in [3.8, 4) is 11.8 Å². The molecule has 0 bridgehead atoms. The predicted molar refractivity (Wildman–Crippen MR) is 121 cm³/mol. The summed E-state index contributed by atoms with van der Waals surface area (Å²) < 4.78 is 28.5. The van der Waals surface area contributed by atoms with E-state index in [1.54, 1.807) is 18.3 Å². The number of rotatable bonds is 4. The monoisotopic (exact) mass is 448 g/mol. The maximum atomic E-state index is 14.3. The number of nitrogens with zero attached hydrogens (tertiary/aromatic N) is 4. The minimum atomic E-state index is -0.845. The van der Waals surface area contributed by atoms with E-state index in [2.05, 4.69) is 9.97 Å². The number of phenols is 1. The van der Waals surface area contributed by atoms with Crippen LogP contribution in [0.5, 0.6) is 5.75 Å². The van der Waals surface area contributed by atoms with E-state index in [1.165, 1.54) is 24.3 Å². The smallest absolute Gasteiger partial charge is 0.165 e. The maximum Gasteiger partial charge on any atom is 0.165 e. The van der Waals surface area contributed by atoms with Crippen molar-refractivity contribution in [1.82, 2.24) is 9.97 Å². The molecule has 1 saturated heterocycles. The molecule has 33 heavy (non-hydrogen) atoms. The van der Waals surface area contributed by atoms with Crippen LogP contribution < -0.4 is 16.4 Å². The molecule has 0 saturated carbocycles. The zero-order valence-electron chi connectivity index (χ0n) is 17.7. The summed E-state index contributed by atoms with van der Waals surface area (Å²) in [5.41, 5.74) is 13.4. The van der Waals surface area contributed by atoms with Gasteiger partial charge in [-0.1, -0.05) is 12.1 Å². The molecule has 2 aromatic carbocycles. The van der Waals surface area contributed by atoms with Gasteiger partial charge in [-0.15, -0.1) is 0 Å². The van der Waals surface area contributed by atoms with Crippen LogP contribution in [0.25, 0.3) is 11.3 Å². The van der Waals surface area contributed by atoms with Crippen molar-refractivity contribution in [2.75, 3.05) is 18.0 Å². The van der Waals surface area contributed by atoms with Crippen molar-refractivity contribution < 1.29 is 13.9 Å². The lowest BCUT2D eigenvalue weighted by Gasteiger charge is -2.31. The van der Waals surface area contributed by atoms with Crippen molar-refractivity contribution in [1.29, 1.82) is 5.26 Å². The Bertz CT molecular complexity index is 1270. The molecule has 4 rings (SSSR count). The number of piperidine rings is 1. The minimum Gasteiger partial charge on any atom is -0.505 e. The topological polar surface area (TPSA) is 125 Å². The van der Waals surface area contributed by atoms with E-state index in [9.17, 15) is 13.9 Å². The molecule has 0 radical (unpaired) electrons. The number of aromatic nitrogens is 2. The van der Waals surface area contributed by atoms with E-state index in [0.29, 0.717) is 17.9 Å². The first-order chi connectivity index (χ1) is 15.9. The highest BCUT2D eigenvalue weighted by Gasteiger charge is 2.21. The number of hydrogen-bond acceptors (Lipinski definition) is 7. The number of halogens is 2. The van der Waals surface area contributed by atoms with Gasteiger partial charge in [0.25, 0.3) is 0 Å². The molecule has 168 valence electrons. The van der Waals surface area contributed by atoms with E-state index in [4.69, 9.17) is 16.7 Å². The molecule has 9 heteroatoms. The quantitative estimate of drug-likeness (QED) is 0.524. The van der Waals surface area contributed by atoms with Gasteiger partial charge in [-0.05, 0) is 48.7 Å². The number of anilines is 1. The van der Waals surface area contributed by atoms with E-state index in [-0.39, 0.29) is 34.3 Å². The number of nitriles is 1. The van der Waals surface area contributed by atoms with Crippen molar-refractivity contribution in [2.24, 2.45) is 11.5 Å². The third-order valence-electron chi connectivity index (χ3n) is 5.55. The standard InChI is InChI=1S/C24H22F2N6O/c25-18-11-15(3-4-16(18)12-27)23(29)22(14-5-6-20(33)19(26)10-14)24-30-8-7-21(31-24)32-9-1-2-17(28)13-32/h3-8,10-11,17,33H,1-2,9,13,28-29H2. The highest BCUT2D eigenvalue weighted by Crippen LogP contribution is 2.31. The molecule has 1 unspecified atom stereocenters. The molecule has 2 heterocycles. The van der Waals surface area contributed by atoms with Crippen LogP contribution in [-0.4, -0.2) is 34.2 Å². The molecule has 0 spiro atoms. The lowest BCUT2D eigenvalue weighted by atomic mass is 9.98. The molecular formula is C24H22F2N6O. The average Bonchev–Trinajstić information content (AvgIpc) is 2.81. The Kier molecular flexibility index (Phi) is 6.20. The third kappa shape index (κ3) is 4.61. The van der Waals surface area contributed by atoms with Crippen molar-refractivity contribution in [3.05, 3.63) is 82.8 Å². The van der Waals surface area contributed by atoms with Gasteiger partial charge in [-0.3, -0.25) is 0 Å². The van der Waals surface area contributed by atoms with Crippen LogP contribution in [0.1, 0.15) is 35.4 Å². The van der Waals surface area contributed by atoms with Gasteiger partial charge in [0.2, 0.25) is 0 Å². The highest BCUT2D eigenvalue weighted by molar-refractivity contribution is 5.95. The zero-order chi connectivity index (χ0) is 23.5. The fourth-order valence-corrected chi connectivity index (χ4v) is 3.85. The summed E-state index contributed by atoms with van der Waals surface area (Å²) in [6, 6.07) is 11.3. The van der Waals surface area contributed by atoms with Crippen molar-refractivity contribution in [3.63, 3.8) is 0 Å². The predicted octanol–water partition coefficient (Wildman–Crippen LogP) is 3.13. The average molecular weight is 448 g/mol. The SMILES string of the molecule is N#Cc1ccc(C(N)=C(c2ccc(O)c(F)c2)c2nccc(N3CCCC(N)C3)n2)cc1F. The second-order valence-corrected chi connectivity index (χ2v) is 7.85. The summed E-state index contributed by atoms with van der Waals surface area (Å²) in [5.74, 6) is -1.24. The van der Waals surface area contributed by atoms with E-state index in [1.807, 2.05) is 4.90 Å². The first kappa shape index (κ1) is 22.2. The Balaban J connectivity index is 1.87. The van der Waals surface area contributed by atoms with Gasteiger partial charge in [-0.25, -0.2) is 18.7 Å². The number of phenolic OH excluding ortho intramolecular Hbond substituents is 1. The Morgan fingerprint density at radius 1 is 1.12 bits per heavy atom. The lowest BCUT2D eigenvalue weighted by molar-refractivity contribution is 0.432. The largest absolute Gasteiger partial charge is 0.505 e. The maximum absolute atomic E-state index is 14.3. The van der Waals surface area contributed by atoms with Gasteiger partial charge in [-0.2, -0.15) is 5.26 Å². The first-order valence-corrected chi connectivity index (χ1v) is 10.4. The summed E-state index contributed by atoms with van der Waals surface area (Å²) in [7, 11) is 0. The van der Waals surface area contributed by atoms with Crippen LogP contribution in [-0.2, 0) is 0 Å². The van der Waals surface area contributed by atoms with Crippen LogP contribution in [0.2, 0.25) is 0 Å². The van der Waals surface area contributed by atoms with Crippen molar-refractivity contribution >= 4 is 17.1 Å². The van der Waals surface area contributed by atoms with Gasteiger partial charge in [0.15, 0.2) is 17.4 Å². The van der Waals surface area contributed by atoms with Crippen LogP contribution in [0.4, 0.5) is 14.6 Å². The molecule has 1 aliphatic heterocycles. The van der Waals surface area contributed by atoms with Crippen molar-refractivity contribution in [2.45, 2.75) is 18.9 Å². The van der Waals surface area contributed by atoms with Crippen LogP contribution in [0, 0.1) is 23.0 Å². The first-order valence-electron chi connectivity index (χ1n) is 10.4. The number of nitrogens with two attached hydrogens (primary N) is 2. The molecule has 1 atom stereocenters. The third-order valence-corrected chi connectivity index (χ3v) is 5.55. The van der Waals surface area contributed by atoms with Gasteiger partial charge < -0.3 is 21.5 Å².